The van der Waals surface area contributed by atoms with Gasteiger partial charge in [-0.05, 0) is 49.9 Å². The second-order valence-electron chi connectivity index (χ2n) is 15.8. The standard InChI is InChI=1S/C44H72N6O6/c1-5-9-13-17-25-45-39(51)35-29-49(30-36(35)40(52)46-26-18-14-10-6-2)43(55)33-21-23-34(24-22-33)44(56)50-31-37(41(53)47-27-19-15-11-7-3)38(32-50)42(54)48-28-20-16-12-8-4/h21-24,35-38H,5-20,25-32H2,1-4H3,(H,45,51)(H,46,52)(H,47,53)(H,48,54)/t35-,36-,37-,38-/m1/s1. The highest BCUT2D eigenvalue weighted by Gasteiger charge is 2.45. The molecule has 56 heavy (non-hydrogen) atoms. The lowest BCUT2D eigenvalue weighted by molar-refractivity contribution is -0.132. The minimum Gasteiger partial charge on any atom is -0.356 e. The van der Waals surface area contributed by atoms with Crippen LogP contribution in [-0.2, 0) is 19.2 Å². The fourth-order valence-electron chi connectivity index (χ4n) is 7.70. The molecule has 0 spiro atoms. The van der Waals surface area contributed by atoms with Crippen molar-refractivity contribution in [2.24, 2.45) is 23.7 Å². The third-order valence-electron chi connectivity index (χ3n) is 11.3. The molecule has 2 saturated heterocycles. The molecule has 0 aliphatic carbocycles. The Balaban J connectivity index is 1.68. The van der Waals surface area contributed by atoms with Crippen molar-refractivity contribution >= 4 is 35.4 Å². The Bertz CT molecular complexity index is 1220. The molecule has 2 fully saturated rings. The van der Waals surface area contributed by atoms with Crippen LogP contribution in [0, 0.1) is 23.7 Å². The van der Waals surface area contributed by atoms with Gasteiger partial charge in [0.25, 0.3) is 11.8 Å². The largest absolute Gasteiger partial charge is 0.356 e. The Morgan fingerprint density at radius 2 is 0.643 bits per heavy atom. The lowest BCUT2D eigenvalue weighted by Gasteiger charge is -2.18. The molecule has 2 aliphatic rings. The molecule has 4 atom stereocenters. The number of rotatable bonds is 26. The first kappa shape index (κ1) is 46.4. The number of benzene rings is 1. The second kappa shape index (κ2) is 26.1. The van der Waals surface area contributed by atoms with Gasteiger partial charge in [0, 0.05) is 63.5 Å². The van der Waals surface area contributed by atoms with E-state index >= 15 is 0 Å². The average molecular weight is 781 g/mol. The number of unbranched alkanes of at least 4 members (excludes halogenated alkanes) is 12. The third-order valence-corrected chi connectivity index (χ3v) is 11.3. The molecule has 0 aromatic heterocycles. The van der Waals surface area contributed by atoms with Gasteiger partial charge in [0.2, 0.25) is 23.6 Å². The third kappa shape index (κ3) is 14.8. The molecule has 6 amide bonds. The monoisotopic (exact) mass is 781 g/mol. The lowest BCUT2D eigenvalue weighted by Crippen LogP contribution is -2.42. The summed E-state index contributed by atoms with van der Waals surface area (Å²) < 4.78 is 0. The van der Waals surface area contributed by atoms with E-state index in [0.29, 0.717) is 37.3 Å². The minimum absolute atomic E-state index is 0.131. The van der Waals surface area contributed by atoms with Crippen LogP contribution in [0.1, 0.15) is 151 Å². The highest BCUT2D eigenvalue weighted by Crippen LogP contribution is 2.28. The van der Waals surface area contributed by atoms with Crippen molar-refractivity contribution in [2.45, 2.75) is 130 Å². The van der Waals surface area contributed by atoms with Gasteiger partial charge in [0.05, 0.1) is 23.7 Å². The summed E-state index contributed by atoms with van der Waals surface area (Å²) >= 11 is 0. The van der Waals surface area contributed by atoms with Gasteiger partial charge in [-0.3, -0.25) is 28.8 Å². The van der Waals surface area contributed by atoms with Gasteiger partial charge in [-0.25, -0.2) is 0 Å². The summed E-state index contributed by atoms with van der Waals surface area (Å²) in [7, 11) is 0. The van der Waals surface area contributed by atoms with Crippen LogP contribution in [0.3, 0.4) is 0 Å². The van der Waals surface area contributed by atoms with Crippen LogP contribution in [0.15, 0.2) is 24.3 Å². The van der Waals surface area contributed by atoms with Crippen LogP contribution in [0.5, 0.6) is 0 Å². The Hall–Kier alpha value is -3.96. The fourth-order valence-corrected chi connectivity index (χ4v) is 7.70. The predicted molar refractivity (Wildman–Crippen MR) is 221 cm³/mol. The zero-order chi connectivity index (χ0) is 40.7. The van der Waals surface area contributed by atoms with Gasteiger partial charge >= 0.3 is 0 Å². The predicted octanol–water partition coefficient (Wildman–Crippen LogP) is 5.85. The SMILES string of the molecule is CCCCCCNC(=O)[C@@H]1CN(C(=O)c2ccc(C(=O)N3C[C@@H](C(=O)NCCCCCC)[C@H](C(=O)NCCCCCC)C3)cc2)C[C@H]1C(=O)NCCCCCC. The van der Waals surface area contributed by atoms with Crippen molar-refractivity contribution in [3.8, 4) is 0 Å². The summed E-state index contributed by atoms with van der Waals surface area (Å²) in [5.74, 6) is -4.06. The van der Waals surface area contributed by atoms with Crippen LogP contribution < -0.4 is 21.3 Å². The first-order valence-corrected chi connectivity index (χ1v) is 22.0. The van der Waals surface area contributed by atoms with E-state index in [2.05, 4.69) is 49.0 Å². The van der Waals surface area contributed by atoms with Crippen molar-refractivity contribution in [2.75, 3.05) is 52.4 Å². The molecule has 314 valence electrons. The molecule has 1 aromatic carbocycles. The number of nitrogens with one attached hydrogen (secondary N) is 4. The molecule has 12 heteroatoms. The smallest absolute Gasteiger partial charge is 0.253 e. The fraction of sp³-hybridized carbons (Fsp3) is 0.727. The summed E-state index contributed by atoms with van der Waals surface area (Å²) in [5.41, 5.74) is 0.700. The van der Waals surface area contributed by atoms with Crippen molar-refractivity contribution in [1.29, 1.82) is 0 Å². The minimum atomic E-state index is -0.653. The summed E-state index contributed by atoms with van der Waals surface area (Å²) in [6.07, 6.45) is 16.3. The molecule has 0 bridgehead atoms. The Labute approximate surface area is 336 Å². The molecular formula is C44H72N6O6. The zero-order valence-electron chi connectivity index (χ0n) is 34.9. The van der Waals surface area contributed by atoms with E-state index in [0.717, 1.165) is 103 Å². The van der Waals surface area contributed by atoms with Crippen LogP contribution in [0.2, 0.25) is 0 Å². The summed E-state index contributed by atoms with van der Waals surface area (Å²) in [6.45, 7) is 11.2. The molecule has 1 aromatic rings. The molecule has 0 saturated carbocycles. The number of likely N-dealkylation sites (tertiary alicyclic amines) is 2. The maximum absolute atomic E-state index is 13.8. The van der Waals surface area contributed by atoms with E-state index in [1.807, 2.05) is 0 Å². The Morgan fingerprint density at radius 3 is 0.857 bits per heavy atom. The number of hydrogen-bond donors (Lipinski definition) is 4. The molecule has 3 rings (SSSR count). The van der Waals surface area contributed by atoms with Crippen LogP contribution in [0.25, 0.3) is 0 Å². The Morgan fingerprint density at radius 1 is 0.411 bits per heavy atom. The number of carbonyl (C=O) groups is 6. The number of amides is 6. The average Bonchev–Trinajstić information content (AvgIpc) is 3.86. The van der Waals surface area contributed by atoms with Gasteiger partial charge in [0.1, 0.15) is 0 Å². The summed E-state index contributed by atoms with van der Waals surface area (Å²) in [5, 5.41) is 12.0. The van der Waals surface area contributed by atoms with Crippen molar-refractivity contribution in [1.82, 2.24) is 31.1 Å². The highest BCUT2D eigenvalue weighted by molar-refractivity contribution is 6.00. The van der Waals surface area contributed by atoms with Crippen LogP contribution in [-0.4, -0.2) is 97.6 Å². The first-order chi connectivity index (χ1) is 27.2. The van der Waals surface area contributed by atoms with Gasteiger partial charge in [-0.15, -0.1) is 0 Å². The molecule has 0 radical (unpaired) electrons. The van der Waals surface area contributed by atoms with Gasteiger partial charge in [-0.1, -0.05) is 105 Å². The van der Waals surface area contributed by atoms with Crippen LogP contribution in [0.4, 0.5) is 0 Å². The number of nitrogens with zero attached hydrogens (tertiary/aromatic N) is 2. The molecule has 2 heterocycles. The van der Waals surface area contributed by atoms with Crippen molar-refractivity contribution in [3.05, 3.63) is 35.4 Å². The molecule has 2 aliphatic heterocycles. The highest BCUT2D eigenvalue weighted by atomic mass is 16.2. The quantitative estimate of drug-likeness (QED) is 0.0865. The Kier molecular flexibility index (Phi) is 21.6. The van der Waals surface area contributed by atoms with Crippen molar-refractivity contribution < 1.29 is 28.8 Å². The molecular weight excluding hydrogens is 709 g/mol. The number of carbonyl (C=O) groups excluding carboxylic acids is 6. The zero-order valence-corrected chi connectivity index (χ0v) is 34.9. The first-order valence-electron chi connectivity index (χ1n) is 22.0. The van der Waals surface area contributed by atoms with Crippen LogP contribution >= 0.6 is 0 Å². The topological polar surface area (TPSA) is 157 Å². The van der Waals surface area contributed by atoms with Gasteiger partial charge in [-0.2, -0.15) is 0 Å². The van der Waals surface area contributed by atoms with Gasteiger partial charge < -0.3 is 31.1 Å². The van der Waals surface area contributed by atoms with E-state index in [-0.39, 0.29) is 61.6 Å². The number of hydrogen-bond acceptors (Lipinski definition) is 6. The van der Waals surface area contributed by atoms with E-state index in [1.54, 1.807) is 34.1 Å². The molecule has 0 unspecified atom stereocenters. The van der Waals surface area contributed by atoms with E-state index in [4.69, 9.17) is 0 Å². The molecule has 12 nitrogen and oxygen atoms in total. The second-order valence-corrected chi connectivity index (χ2v) is 15.8. The summed E-state index contributed by atoms with van der Waals surface area (Å²) in [6, 6.07) is 6.38. The van der Waals surface area contributed by atoms with E-state index in [9.17, 15) is 28.8 Å². The normalized spacial score (nSPS) is 19.1. The van der Waals surface area contributed by atoms with Gasteiger partial charge in [0.15, 0.2) is 0 Å². The maximum Gasteiger partial charge on any atom is 0.253 e. The lowest BCUT2D eigenvalue weighted by atomic mass is 9.94. The van der Waals surface area contributed by atoms with Crippen molar-refractivity contribution in [3.63, 3.8) is 0 Å². The van der Waals surface area contributed by atoms with E-state index in [1.165, 1.54) is 0 Å². The maximum atomic E-state index is 13.8. The molecule has 4 N–H and O–H groups in total. The summed E-state index contributed by atoms with van der Waals surface area (Å²) in [4.78, 5) is 84.1. The van der Waals surface area contributed by atoms with E-state index < -0.39 is 23.7 Å².